The molecular formula is C2H4Na2O5S+2. The molecule has 0 bridgehead atoms. The van der Waals surface area contributed by atoms with E-state index < -0.39 is 22.5 Å². The first-order valence-electron chi connectivity index (χ1n) is 1.56. The van der Waals surface area contributed by atoms with Crippen molar-refractivity contribution in [3.05, 3.63) is 0 Å². The monoisotopic (exact) mass is 186 g/mol. The largest absolute Gasteiger partial charge is 1.00 e. The minimum atomic E-state index is -2.68. The fraction of sp³-hybridized carbons (Fsp3) is 0.500. The molecule has 5 nitrogen and oxygen atoms in total. The van der Waals surface area contributed by atoms with Crippen LogP contribution in [-0.2, 0) is 15.9 Å². The molecule has 0 saturated heterocycles. The second kappa shape index (κ2) is 8.63. The molecule has 0 rings (SSSR count). The van der Waals surface area contributed by atoms with Gasteiger partial charge >= 0.3 is 65.1 Å². The van der Waals surface area contributed by atoms with E-state index in [0.717, 1.165) is 0 Å². The van der Waals surface area contributed by atoms with Crippen LogP contribution >= 0.6 is 0 Å². The average Bonchev–Trinajstić information content (AvgIpc) is 1.64. The molecule has 0 radical (unpaired) electrons. The van der Waals surface area contributed by atoms with E-state index in [9.17, 15) is 9.00 Å². The number of carboxylic acids is 1. The van der Waals surface area contributed by atoms with Crippen LogP contribution in [0.15, 0.2) is 0 Å². The van der Waals surface area contributed by atoms with E-state index in [1.54, 1.807) is 0 Å². The Bertz CT molecular complexity index is 113. The van der Waals surface area contributed by atoms with E-state index in [1.807, 2.05) is 0 Å². The summed E-state index contributed by atoms with van der Waals surface area (Å²) in [5, 5.41) is 15.8. The van der Waals surface area contributed by atoms with Gasteiger partial charge in [0, 0.05) is 0 Å². The number of aliphatic hydroxyl groups excluding tert-OH is 1. The summed E-state index contributed by atoms with van der Waals surface area (Å²) in [5.41, 5.74) is -2.19. The molecule has 0 fully saturated rings. The number of hydrogen-bond donors (Lipinski definition) is 3. The maximum absolute atomic E-state index is 9.62. The Hall–Kier alpha value is 1.54. The van der Waals surface area contributed by atoms with Crippen molar-refractivity contribution in [2.45, 2.75) is 5.44 Å². The predicted octanol–water partition coefficient (Wildman–Crippen LogP) is -7.38. The third-order valence-corrected chi connectivity index (χ3v) is 0.986. The molecule has 0 spiro atoms. The minimum absolute atomic E-state index is 0. The zero-order valence-corrected chi connectivity index (χ0v) is 10.5. The zero-order valence-electron chi connectivity index (χ0n) is 5.64. The van der Waals surface area contributed by atoms with Gasteiger partial charge in [0.25, 0.3) is 5.44 Å². The predicted molar refractivity (Wildman–Crippen MR) is 24.4 cm³/mol. The molecule has 0 aliphatic carbocycles. The molecule has 48 valence electrons. The number of aliphatic hydroxyl groups is 1. The second-order valence-electron chi connectivity index (χ2n) is 0.967. The van der Waals surface area contributed by atoms with Crippen molar-refractivity contribution in [2.75, 3.05) is 0 Å². The van der Waals surface area contributed by atoms with Gasteiger partial charge in [0.1, 0.15) is 0 Å². The van der Waals surface area contributed by atoms with Gasteiger partial charge in [-0.15, -0.1) is 0 Å². The number of carbonyl (C=O) groups is 1. The summed E-state index contributed by atoms with van der Waals surface area (Å²) in [6.07, 6.45) is 0. The van der Waals surface area contributed by atoms with Gasteiger partial charge in [-0.05, 0) is 0 Å². The smallest absolute Gasteiger partial charge is 0.479 e. The number of carboxylic acid groups (broad SMARTS) is 1. The third-order valence-electron chi connectivity index (χ3n) is 0.402. The van der Waals surface area contributed by atoms with E-state index in [4.69, 9.17) is 14.8 Å². The standard InChI is InChI=1S/C2H4O5S.2Na/c3-1(4)2(5)8(6)7;;/h2,5H,(H,3,4)(H,6,7);;/q;2*+1. The van der Waals surface area contributed by atoms with Crippen molar-refractivity contribution < 1.29 is 82.9 Å². The van der Waals surface area contributed by atoms with Gasteiger partial charge < -0.3 is 14.8 Å². The minimum Gasteiger partial charge on any atom is -0.479 e. The Kier molecular flexibility index (Phi) is 15.2. The van der Waals surface area contributed by atoms with Crippen molar-refractivity contribution >= 4 is 17.0 Å². The molecule has 3 N–H and O–H groups in total. The Labute approximate surface area is 104 Å². The maximum Gasteiger partial charge on any atom is 1.00 e. The van der Waals surface area contributed by atoms with E-state index in [2.05, 4.69) is 0 Å². The van der Waals surface area contributed by atoms with Crippen LogP contribution in [0.5, 0.6) is 0 Å². The Morgan fingerprint density at radius 2 is 1.70 bits per heavy atom. The quantitative estimate of drug-likeness (QED) is 0.294. The Balaban J connectivity index is -0.000000245. The molecule has 2 unspecified atom stereocenters. The van der Waals surface area contributed by atoms with E-state index in [1.165, 1.54) is 0 Å². The first kappa shape index (κ1) is 17.6. The molecule has 8 heteroatoms. The summed E-state index contributed by atoms with van der Waals surface area (Å²) in [7, 11) is 0. The van der Waals surface area contributed by atoms with Crippen LogP contribution in [0.25, 0.3) is 0 Å². The number of rotatable bonds is 2. The van der Waals surface area contributed by atoms with Crippen molar-refractivity contribution in [3.63, 3.8) is 0 Å². The van der Waals surface area contributed by atoms with Gasteiger partial charge in [-0.25, -0.2) is 9.00 Å². The van der Waals surface area contributed by atoms with Crippen molar-refractivity contribution in [2.24, 2.45) is 0 Å². The van der Waals surface area contributed by atoms with Crippen LogP contribution in [0.4, 0.5) is 0 Å². The molecule has 0 aromatic carbocycles. The molecule has 0 saturated carbocycles. The summed E-state index contributed by atoms with van der Waals surface area (Å²) in [4.78, 5) is 9.54. The molecule has 0 aliphatic heterocycles. The molecule has 0 heterocycles. The zero-order chi connectivity index (χ0) is 6.73. The Morgan fingerprint density at radius 3 is 1.70 bits per heavy atom. The second-order valence-corrected chi connectivity index (χ2v) is 1.97. The van der Waals surface area contributed by atoms with Crippen molar-refractivity contribution in [3.8, 4) is 0 Å². The fourth-order valence-electron chi connectivity index (χ4n) is 0.0862. The summed E-state index contributed by atoms with van der Waals surface area (Å²) in [6, 6.07) is 0. The third kappa shape index (κ3) is 7.64. The topological polar surface area (TPSA) is 94.8 Å². The van der Waals surface area contributed by atoms with Crippen LogP contribution in [0.1, 0.15) is 0 Å². The molecule has 0 aliphatic rings. The van der Waals surface area contributed by atoms with Crippen LogP contribution < -0.4 is 59.1 Å². The molecule has 2 atom stereocenters. The summed E-state index contributed by atoms with van der Waals surface area (Å²) < 4.78 is 17.5. The molecule has 0 aromatic heterocycles. The normalized spacial score (nSPS) is 13.8. The van der Waals surface area contributed by atoms with Crippen LogP contribution in [0, 0.1) is 0 Å². The van der Waals surface area contributed by atoms with Gasteiger partial charge in [-0.1, -0.05) is 0 Å². The van der Waals surface area contributed by atoms with Crippen LogP contribution in [0.2, 0.25) is 0 Å². The molecule has 0 aromatic rings. The Morgan fingerprint density at radius 1 is 1.40 bits per heavy atom. The van der Waals surface area contributed by atoms with E-state index in [0.29, 0.717) is 0 Å². The number of aliphatic carboxylic acids is 1. The fourth-order valence-corrected chi connectivity index (χ4v) is 0.259. The first-order valence-corrected chi connectivity index (χ1v) is 2.73. The van der Waals surface area contributed by atoms with Crippen LogP contribution in [0.3, 0.4) is 0 Å². The van der Waals surface area contributed by atoms with E-state index in [-0.39, 0.29) is 59.1 Å². The summed E-state index contributed by atoms with van der Waals surface area (Å²) in [5.74, 6) is -1.70. The van der Waals surface area contributed by atoms with E-state index >= 15 is 0 Å². The van der Waals surface area contributed by atoms with Gasteiger partial charge in [0.15, 0.2) is 11.1 Å². The molecular weight excluding hydrogens is 182 g/mol. The molecule has 0 amide bonds. The maximum atomic E-state index is 9.62. The van der Waals surface area contributed by atoms with Crippen molar-refractivity contribution in [1.82, 2.24) is 0 Å². The van der Waals surface area contributed by atoms with Gasteiger partial charge in [0.05, 0.1) is 0 Å². The SMILES string of the molecule is O=C(O)C(O)S(=O)O.[Na+].[Na+]. The van der Waals surface area contributed by atoms with Crippen LogP contribution in [-0.4, -0.2) is 30.4 Å². The van der Waals surface area contributed by atoms with Gasteiger partial charge in [-0.2, -0.15) is 0 Å². The van der Waals surface area contributed by atoms with Crippen molar-refractivity contribution in [1.29, 1.82) is 0 Å². The van der Waals surface area contributed by atoms with Gasteiger partial charge in [-0.3, -0.25) is 0 Å². The number of hydrogen-bond acceptors (Lipinski definition) is 3. The van der Waals surface area contributed by atoms with Gasteiger partial charge in [0.2, 0.25) is 0 Å². The summed E-state index contributed by atoms with van der Waals surface area (Å²) >= 11 is -2.68. The summed E-state index contributed by atoms with van der Waals surface area (Å²) in [6.45, 7) is 0. The molecule has 10 heavy (non-hydrogen) atoms. The average molecular weight is 186 g/mol. The first-order chi connectivity index (χ1) is 3.55.